The number of aliphatic hydroxyl groups is 1. The topological polar surface area (TPSA) is 20.2 Å². The van der Waals surface area contributed by atoms with Gasteiger partial charge in [0.05, 0.1) is 6.10 Å². The molecule has 0 aliphatic heterocycles. The van der Waals surface area contributed by atoms with Crippen molar-refractivity contribution in [1.82, 2.24) is 0 Å². The summed E-state index contributed by atoms with van der Waals surface area (Å²) in [5.41, 5.74) is 5.20. The molecule has 1 atom stereocenters. The Labute approximate surface area is 102 Å². The zero-order valence-electron chi connectivity index (χ0n) is 9.76. The average Bonchev–Trinajstić information content (AvgIpc) is 2.39. The quantitative estimate of drug-likeness (QED) is 0.788. The number of aliphatic hydroxyl groups excluding tert-OH is 1. The molecule has 0 saturated heterocycles. The first-order valence-electron chi connectivity index (χ1n) is 6.18. The van der Waals surface area contributed by atoms with Crippen LogP contribution in [0, 0.1) is 0 Å². The van der Waals surface area contributed by atoms with E-state index in [4.69, 9.17) is 0 Å². The third-order valence-corrected chi connectivity index (χ3v) is 3.52. The van der Waals surface area contributed by atoms with E-state index in [2.05, 4.69) is 42.5 Å². The molecular weight excluding hydrogens is 208 g/mol. The summed E-state index contributed by atoms with van der Waals surface area (Å²) < 4.78 is 0. The Morgan fingerprint density at radius 2 is 1.71 bits per heavy atom. The Morgan fingerprint density at radius 1 is 0.882 bits per heavy atom. The van der Waals surface area contributed by atoms with Gasteiger partial charge in [0.2, 0.25) is 0 Å². The monoisotopic (exact) mass is 224 g/mol. The molecule has 1 nitrogen and oxygen atoms in total. The van der Waals surface area contributed by atoms with Crippen molar-refractivity contribution in [3.05, 3.63) is 59.7 Å². The number of rotatable bonds is 1. The summed E-state index contributed by atoms with van der Waals surface area (Å²) in [5, 5.41) is 9.72. The van der Waals surface area contributed by atoms with E-state index in [-0.39, 0.29) is 6.10 Å². The Morgan fingerprint density at radius 3 is 2.53 bits per heavy atom. The van der Waals surface area contributed by atoms with Gasteiger partial charge in [-0.05, 0) is 41.5 Å². The molecule has 0 fully saturated rings. The minimum atomic E-state index is -0.159. The van der Waals surface area contributed by atoms with Crippen molar-refractivity contribution in [1.29, 1.82) is 0 Å². The van der Waals surface area contributed by atoms with Gasteiger partial charge in [0.1, 0.15) is 0 Å². The maximum atomic E-state index is 9.72. The van der Waals surface area contributed by atoms with Crippen LogP contribution in [0.15, 0.2) is 48.5 Å². The maximum absolute atomic E-state index is 9.72. The van der Waals surface area contributed by atoms with E-state index in [1.807, 2.05) is 6.07 Å². The van der Waals surface area contributed by atoms with Gasteiger partial charge < -0.3 is 5.11 Å². The van der Waals surface area contributed by atoms with Crippen LogP contribution in [0.5, 0.6) is 0 Å². The highest BCUT2D eigenvalue weighted by Gasteiger charge is 2.16. The molecule has 1 aliphatic carbocycles. The molecule has 1 heteroatoms. The van der Waals surface area contributed by atoms with E-state index >= 15 is 0 Å². The van der Waals surface area contributed by atoms with Crippen molar-refractivity contribution in [2.45, 2.75) is 25.4 Å². The normalized spacial score (nSPS) is 18.8. The molecule has 0 bridgehead atoms. The lowest BCUT2D eigenvalue weighted by Gasteiger charge is -2.21. The Hall–Kier alpha value is -1.60. The molecule has 2 aromatic carbocycles. The predicted molar refractivity (Wildman–Crippen MR) is 69.9 cm³/mol. The lowest BCUT2D eigenvalue weighted by atomic mass is 9.87. The number of hydrogen-bond donors (Lipinski definition) is 1. The van der Waals surface area contributed by atoms with Gasteiger partial charge in [-0.1, -0.05) is 48.5 Å². The largest absolute Gasteiger partial charge is 0.393 e. The van der Waals surface area contributed by atoms with E-state index in [1.54, 1.807) is 0 Å². The predicted octanol–water partition coefficient (Wildman–Crippen LogP) is 3.20. The summed E-state index contributed by atoms with van der Waals surface area (Å²) in [6.45, 7) is 0. The standard InChI is InChI=1S/C16H16O/c17-16-9-8-13-6-7-14(10-15(13)11-16)12-4-2-1-3-5-12/h1-7,10,16-17H,8-9,11H2. The highest BCUT2D eigenvalue weighted by atomic mass is 16.3. The van der Waals surface area contributed by atoms with Crippen molar-refractivity contribution in [2.24, 2.45) is 0 Å². The minimum Gasteiger partial charge on any atom is -0.393 e. The summed E-state index contributed by atoms with van der Waals surface area (Å²) in [6.07, 6.45) is 2.55. The van der Waals surface area contributed by atoms with Crippen LogP contribution >= 0.6 is 0 Å². The van der Waals surface area contributed by atoms with Crippen molar-refractivity contribution in [3.63, 3.8) is 0 Å². The van der Waals surface area contributed by atoms with E-state index in [0.29, 0.717) is 0 Å². The van der Waals surface area contributed by atoms with Crippen molar-refractivity contribution in [2.75, 3.05) is 0 Å². The van der Waals surface area contributed by atoms with Crippen LogP contribution in [-0.4, -0.2) is 11.2 Å². The first-order valence-corrected chi connectivity index (χ1v) is 6.18. The average molecular weight is 224 g/mol. The van der Waals surface area contributed by atoms with Crippen molar-refractivity contribution < 1.29 is 5.11 Å². The molecular formula is C16H16O. The van der Waals surface area contributed by atoms with Gasteiger partial charge in [-0.2, -0.15) is 0 Å². The second-order valence-corrected chi connectivity index (χ2v) is 4.75. The lowest BCUT2D eigenvalue weighted by Crippen LogP contribution is -2.18. The molecule has 0 radical (unpaired) electrons. The molecule has 0 aromatic heterocycles. The third-order valence-electron chi connectivity index (χ3n) is 3.52. The smallest absolute Gasteiger partial charge is 0.0583 e. The van der Waals surface area contributed by atoms with E-state index in [1.165, 1.54) is 22.3 Å². The molecule has 0 saturated carbocycles. The summed E-state index contributed by atoms with van der Waals surface area (Å²) >= 11 is 0. The Kier molecular flexibility index (Phi) is 2.69. The highest BCUT2D eigenvalue weighted by Crippen LogP contribution is 2.27. The van der Waals surface area contributed by atoms with Gasteiger partial charge in [0, 0.05) is 0 Å². The molecule has 2 aromatic rings. The third kappa shape index (κ3) is 2.11. The molecule has 1 aliphatic rings. The van der Waals surface area contributed by atoms with Crippen molar-refractivity contribution in [3.8, 4) is 11.1 Å². The van der Waals surface area contributed by atoms with Crippen molar-refractivity contribution >= 4 is 0 Å². The fraction of sp³-hybridized carbons (Fsp3) is 0.250. The van der Waals surface area contributed by atoms with E-state index in [9.17, 15) is 5.11 Å². The van der Waals surface area contributed by atoms with Crippen LogP contribution in [0.3, 0.4) is 0 Å². The maximum Gasteiger partial charge on any atom is 0.0583 e. The number of benzene rings is 2. The molecule has 0 spiro atoms. The summed E-state index contributed by atoms with van der Waals surface area (Å²) in [4.78, 5) is 0. The molecule has 86 valence electrons. The molecule has 3 rings (SSSR count). The lowest BCUT2D eigenvalue weighted by molar-refractivity contribution is 0.158. The van der Waals surface area contributed by atoms with E-state index < -0.39 is 0 Å². The fourth-order valence-corrected chi connectivity index (χ4v) is 2.55. The van der Waals surface area contributed by atoms with Crippen LogP contribution in [0.2, 0.25) is 0 Å². The minimum absolute atomic E-state index is 0.159. The van der Waals surface area contributed by atoms with Crippen LogP contribution in [0.1, 0.15) is 17.5 Å². The van der Waals surface area contributed by atoms with Gasteiger partial charge in [-0.3, -0.25) is 0 Å². The van der Waals surface area contributed by atoms with Gasteiger partial charge in [0.15, 0.2) is 0 Å². The second kappa shape index (κ2) is 4.34. The van der Waals surface area contributed by atoms with Gasteiger partial charge in [0.25, 0.3) is 0 Å². The molecule has 0 heterocycles. The van der Waals surface area contributed by atoms with Crippen LogP contribution in [0.4, 0.5) is 0 Å². The number of hydrogen-bond acceptors (Lipinski definition) is 1. The van der Waals surface area contributed by atoms with Crippen LogP contribution in [-0.2, 0) is 12.8 Å². The number of aryl methyl sites for hydroxylation is 1. The fourth-order valence-electron chi connectivity index (χ4n) is 2.55. The van der Waals surface area contributed by atoms with Gasteiger partial charge in [-0.25, -0.2) is 0 Å². The SMILES string of the molecule is OC1CCc2ccc(-c3ccccc3)cc2C1. The summed E-state index contributed by atoms with van der Waals surface area (Å²) in [5.74, 6) is 0. The zero-order valence-corrected chi connectivity index (χ0v) is 9.76. The van der Waals surface area contributed by atoms with Crippen LogP contribution in [0.25, 0.3) is 11.1 Å². The molecule has 1 unspecified atom stereocenters. The number of fused-ring (bicyclic) bond motifs is 1. The molecule has 17 heavy (non-hydrogen) atoms. The Bertz CT molecular complexity index is 516. The summed E-state index contributed by atoms with van der Waals surface area (Å²) in [7, 11) is 0. The molecule has 1 N–H and O–H groups in total. The zero-order chi connectivity index (χ0) is 11.7. The molecule has 0 amide bonds. The highest BCUT2D eigenvalue weighted by molar-refractivity contribution is 5.65. The summed E-state index contributed by atoms with van der Waals surface area (Å²) in [6, 6.07) is 17.0. The first-order chi connectivity index (χ1) is 8.33. The van der Waals surface area contributed by atoms with Gasteiger partial charge >= 0.3 is 0 Å². The van der Waals surface area contributed by atoms with Gasteiger partial charge in [-0.15, -0.1) is 0 Å². The first kappa shape index (κ1) is 10.5. The van der Waals surface area contributed by atoms with E-state index in [0.717, 1.165) is 19.3 Å². The van der Waals surface area contributed by atoms with Crippen LogP contribution < -0.4 is 0 Å². The second-order valence-electron chi connectivity index (χ2n) is 4.75. The Balaban J connectivity index is 2.01.